The van der Waals surface area contributed by atoms with Gasteiger partial charge in [0, 0.05) is 6.42 Å². The largest absolute Gasteiger partial charge is 0.591 e. The second-order valence-electron chi connectivity index (χ2n) is 7.21. The van der Waals surface area contributed by atoms with E-state index in [1.165, 1.54) is 6.21 Å². The molecule has 0 spiro atoms. The summed E-state index contributed by atoms with van der Waals surface area (Å²) in [6.07, 6.45) is 1.75. The summed E-state index contributed by atoms with van der Waals surface area (Å²) < 4.78 is 49.2. The predicted molar refractivity (Wildman–Crippen MR) is 107 cm³/mol. The molecule has 3 aromatic rings. The van der Waals surface area contributed by atoms with Crippen molar-refractivity contribution in [2.24, 2.45) is 4.40 Å². The van der Waals surface area contributed by atoms with Crippen LogP contribution in [-0.4, -0.2) is 20.5 Å². The van der Waals surface area contributed by atoms with Crippen LogP contribution in [-0.2, 0) is 17.8 Å². The molecule has 1 atom stereocenters. The maximum absolute atomic E-state index is 14.1. The minimum Gasteiger partial charge on any atom is -0.591 e. The first kappa shape index (κ1) is 20.2. The van der Waals surface area contributed by atoms with E-state index in [4.69, 9.17) is 4.42 Å². The monoisotopic (exact) mass is 402 g/mol. The summed E-state index contributed by atoms with van der Waals surface area (Å²) in [5, 5.41) is 0. The summed E-state index contributed by atoms with van der Waals surface area (Å²) in [4.78, 5) is 4.28. The molecule has 1 unspecified atom stereocenters. The summed E-state index contributed by atoms with van der Waals surface area (Å²) in [5.41, 5.74) is 1.21. The summed E-state index contributed by atoms with van der Waals surface area (Å²) in [7, 11) is 0. The average Bonchev–Trinajstić information content (AvgIpc) is 3.04. The Morgan fingerprint density at radius 1 is 1.14 bits per heavy atom. The van der Waals surface area contributed by atoms with Gasteiger partial charge in [-0.2, -0.15) is 0 Å². The van der Waals surface area contributed by atoms with Crippen LogP contribution in [0.3, 0.4) is 0 Å². The summed E-state index contributed by atoms with van der Waals surface area (Å²) in [6.45, 7) is 5.42. The van der Waals surface area contributed by atoms with Crippen molar-refractivity contribution in [3.05, 3.63) is 77.2 Å². The normalized spacial score (nSPS) is 13.2. The van der Waals surface area contributed by atoms with Gasteiger partial charge < -0.3 is 8.97 Å². The highest BCUT2D eigenvalue weighted by Gasteiger charge is 2.26. The van der Waals surface area contributed by atoms with Crippen molar-refractivity contribution in [2.75, 3.05) is 0 Å². The maximum atomic E-state index is 14.1. The Morgan fingerprint density at radius 3 is 2.54 bits per heavy atom. The number of oxazole rings is 1. The first-order valence-electron chi connectivity index (χ1n) is 8.69. The third-order valence-corrected chi connectivity index (χ3v) is 5.23. The highest BCUT2D eigenvalue weighted by atomic mass is 32.2. The van der Waals surface area contributed by atoms with E-state index in [1.54, 1.807) is 0 Å². The molecule has 3 rings (SSSR count). The molecule has 0 aliphatic heterocycles. The van der Waals surface area contributed by atoms with E-state index < -0.39 is 27.7 Å². The molecule has 0 radical (unpaired) electrons. The quantitative estimate of drug-likeness (QED) is 0.441. The second kappa shape index (κ2) is 8.24. The van der Waals surface area contributed by atoms with Gasteiger partial charge in [0.25, 0.3) is 0 Å². The number of hydrogen-bond acceptors (Lipinski definition) is 4. The lowest BCUT2D eigenvalue weighted by Gasteiger charge is -2.17. The number of benzene rings is 2. The number of hydrogen-bond donors (Lipinski definition) is 0. The van der Waals surface area contributed by atoms with E-state index in [2.05, 4.69) is 9.38 Å². The van der Waals surface area contributed by atoms with Crippen LogP contribution in [0.25, 0.3) is 11.5 Å². The minimum atomic E-state index is -1.48. The highest BCUT2D eigenvalue weighted by molar-refractivity contribution is 7.91. The Labute approximate surface area is 165 Å². The Balaban J connectivity index is 2.02. The van der Waals surface area contributed by atoms with Gasteiger partial charge in [-0.25, -0.2) is 13.8 Å². The van der Waals surface area contributed by atoms with E-state index in [1.807, 2.05) is 51.1 Å². The Hall–Kier alpha value is -2.51. The number of rotatable bonds is 5. The van der Waals surface area contributed by atoms with E-state index in [0.29, 0.717) is 17.9 Å². The zero-order chi connectivity index (χ0) is 20.3. The van der Waals surface area contributed by atoms with Crippen molar-refractivity contribution in [1.29, 1.82) is 0 Å². The van der Waals surface area contributed by atoms with Crippen LogP contribution in [0.2, 0.25) is 0 Å². The van der Waals surface area contributed by atoms with Crippen molar-refractivity contribution < 1.29 is 17.8 Å². The van der Waals surface area contributed by atoms with E-state index >= 15 is 0 Å². The zero-order valence-electron chi connectivity index (χ0n) is 15.8. The van der Waals surface area contributed by atoms with Crippen LogP contribution < -0.4 is 0 Å². The van der Waals surface area contributed by atoms with E-state index in [0.717, 1.165) is 23.8 Å². The van der Waals surface area contributed by atoms with Crippen molar-refractivity contribution >= 4 is 17.6 Å². The fraction of sp³-hybridized carbons (Fsp3) is 0.238. The topological polar surface area (TPSA) is 61.5 Å². The van der Waals surface area contributed by atoms with Crippen molar-refractivity contribution in [2.45, 2.75) is 31.9 Å². The molecule has 2 aromatic carbocycles. The summed E-state index contributed by atoms with van der Waals surface area (Å²) in [5.74, 6) is -0.857. The van der Waals surface area contributed by atoms with Crippen molar-refractivity contribution in [3.63, 3.8) is 0 Å². The van der Waals surface area contributed by atoms with Gasteiger partial charge in [0.05, 0.1) is 5.56 Å². The van der Waals surface area contributed by atoms with Crippen LogP contribution >= 0.6 is 0 Å². The first-order chi connectivity index (χ1) is 13.2. The molecule has 1 heterocycles. The molecule has 0 saturated heterocycles. The lowest BCUT2D eigenvalue weighted by molar-refractivity contribution is 0.520. The Bertz CT molecular complexity index is 982. The molecular weight excluding hydrogens is 382 g/mol. The average molecular weight is 402 g/mol. The van der Waals surface area contributed by atoms with Gasteiger partial charge in [-0.1, -0.05) is 34.7 Å². The van der Waals surface area contributed by atoms with Crippen molar-refractivity contribution in [3.8, 4) is 11.5 Å². The lowest BCUT2D eigenvalue weighted by Crippen LogP contribution is -2.25. The highest BCUT2D eigenvalue weighted by Crippen LogP contribution is 2.27. The van der Waals surface area contributed by atoms with E-state index in [9.17, 15) is 13.3 Å². The Kier molecular flexibility index (Phi) is 5.96. The molecule has 0 amide bonds. The van der Waals surface area contributed by atoms with Gasteiger partial charge in [0.2, 0.25) is 5.89 Å². The fourth-order valence-corrected chi connectivity index (χ4v) is 2.92. The summed E-state index contributed by atoms with van der Waals surface area (Å²) >= 11 is -1.48. The first-order valence-corrected chi connectivity index (χ1v) is 9.80. The molecule has 28 heavy (non-hydrogen) atoms. The van der Waals surface area contributed by atoms with E-state index in [-0.39, 0.29) is 11.5 Å². The molecule has 0 bridgehead atoms. The molecule has 0 aliphatic carbocycles. The number of aromatic nitrogens is 1. The number of halogens is 2. The van der Waals surface area contributed by atoms with Crippen LogP contribution in [0.5, 0.6) is 0 Å². The van der Waals surface area contributed by atoms with Gasteiger partial charge in [-0.3, -0.25) is 0 Å². The van der Waals surface area contributed by atoms with Crippen LogP contribution in [0, 0.1) is 11.6 Å². The lowest BCUT2D eigenvalue weighted by atomic mass is 10.1. The fourth-order valence-electron chi connectivity index (χ4n) is 2.40. The standard InChI is InChI=1S/C21H20F2N2O2S/c1-21(2,3)28(26)24-13-18-19(11-14-7-5-4-6-8-14)27-20(25-18)16-12-15(22)9-10-17(16)23/h4-10,12-13H,11H2,1-3H3/b24-13+. The van der Waals surface area contributed by atoms with Gasteiger partial charge in [0.15, 0.2) is 0 Å². The Morgan fingerprint density at radius 2 is 1.86 bits per heavy atom. The minimum absolute atomic E-state index is 0.0501. The molecule has 146 valence electrons. The van der Waals surface area contributed by atoms with Gasteiger partial charge in [-0.15, -0.1) is 0 Å². The SMILES string of the molecule is CC(C)(C)[S+]([O-])/N=C/c1nc(-c2cc(F)ccc2F)oc1Cc1ccccc1. The third-order valence-electron chi connectivity index (χ3n) is 3.89. The van der Waals surface area contributed by atoms with Gasteiger partial charge in [-0.05, 0) is 44.5 Å². The molecule has 0 aliphatic rings. The van der Waals surface area contributed by atoms with Gasteiger partial charge in [0.1, 0.15) is 45.4 Å². The second-order valence-corrected chi connectivity index (χ2v) is 9.14. The third kappa shape index (κ3) is 4.85. The predicted octanol–water partition coefficient (Wildman–Crippen LogP) is 5.09. The molecule has 0 fully saturated rings. The van der Waals surface area contributed by atoms with Crippen LogP contribution in [0.1, 0.15) is 37.8 Å². The molecule has 0 N–H and O–H groups in total. The molecule has 7 heteroatoms. The van der Waals surface area contributed by atoms with Gasteiger partial charge >= 0.3 is 0 Å². The molecule has 1 aromatic heterocycles. The zero-order valence-corrected chi connectivity index (χ0v) is 16.6. The van der Waals surface area contributed by atoms with Crippen LogP contribution in [0.4, 0.5) is 8.78 Å². The summed E-state index contributed by atoms with van der Waals surface area (Å²) in [6, 6.07) is 12.6. The molecule has 4 nitrogen and oxygen atoms in total. The molecular formula is C21H20F2N2O2S. The number of nitrogens with zero attached hydrogens (tertiary/aromatic N) is 2. The smallest absolute Gasteiger partial charge is 0.230 e. The molecule has 0 saturated carbocycles. The van der Waals surface area contributed by atoms with Crippen molar-refractivity contribution in [1.82, 2.24) is 4.98 Å². The maximum Gasteiger partial charge on any atom is 0.230 e. The van der Waals surface area contributed by atoms with Crippen LogP contribution in [0.15, 0.2) is 57.3 Å².